The van der Waals surface area contributed by atoms with E-state index in [4.69, 9.17) is 18.9 Å². The van der Waals surface area contributed by atoms with Gasteiger partial charge in [0.15, 0.2) is 0 Å². The maximum Gasteiger partial charge on any atom is 0.333 e. The number of nitriles is 2. The molecule has 3 aromatic rings. The lowest BCUT2D eigenvalue weighted by Crippen LogP contribution is -2.40. The Morgan fingerprint density at radius 1 is 0.697 bits per heavy atom. The highest BCUT2D eigenvalue weighted by Crippen LogP contribution is 2.41. The van der Waals surface area contributed by atoms with E-state index in [9.17, 15) is 24.9 Å². The Bertz CT molecular complexity index is 2260. The van der Waals surface area contributed by atoms with Crippen LogP contribution in [0.3, 0.4) is 0 Å². The van der Waals surface area contributed by atoms with Crippen LogP contribution in [-0.4, -0.2) is 44.3 Å². The zero-order chi connectivity index (χ0) is 48.2. The van der Waals surface area contributed by atoms with Crippen LogP contribution in [0.25, 0.3) is 22.3 Å². The minimum atomic E-state index is -1.28. The number of unbranched alkanes of at least 4 members (excludes halogenated alkanes) is 3. The average molecular weight is 901 g/mol. The molecule has 0 aliphatic heterocycles. The predicted molar refractivity (Wildman–Crippen MR) is 258 cm³/mol. The Labute approximate surface area is 392 Å². The van der Waals surface area contributed by atoms with Gasteiger partial charge in [0.2, 0.25) is 0 Å². The van der Waals surface area contributed by atoms with Crippen LogP contribution in [0.4, 0.5) is 4.39 Å². The smallest absolute Gasteiger partial charge is 0.333 e. The minimum absolute atomic E-state index is 0.116. The quantitative estimate of drug-likeness (QED) is 0.0334. The largest absolute Gasteiger partial charge is 0.492 e. The molecule has 1 fully saturated rings. The van der Waals surface area contributed by atoms with Crippen molar-refractivity contribution in [3.8, 4) is 40.1 Å². The van der Waals surface area contributed by atoms with Crippen molar-refractivity contribution in [2.24, 2.45) is 11.3 Å². The van der Waals surface area contributed by atoms with E-state index in [1.165, 1.54) is 52.4 Å². The van der Waals surface area contributed by atoms with Gasteiger partial charge in [-0.25, -0.2) is 18.8 Å². The molecule has 9 nitrogen and oxygen atoms in total. The van der Waals surface area contributed by atoms with Crippen molar-refractivity contribution in [2.45, 2.75) is 137 Å². The van der Waals surface area contributed by atoms with Crippen LogP contribution < -0.4 is 4.74 Å². The number of rotatable bonds is 26. The maximum absolute atomic E-state index is 16.1. The second-order valence-electron chi connectivity index (χ2n) is 18.2. The first-order valence-electron chi connectivity index (χ1n) is 23.6. The van der Waals surface area contributed by atoms with E-state index in [1.807, 2.05) is 30.3 Å². The van der Waals surface area contributed by atoms with Crippen LogP contribution in [0, 0.1) is 39.8 Å². The second kappa shape index (κ2) is 26.2. The van der Waals surface area contributed by atoms with Crippen molar-refractivity contribution in [3.05, 3.63) is 113 Å². The van der Waals surface area contributed by atoms with E-state index < -0.39 is 23.3 Å². The van der Waals surface area contributed by atoms with E-state index in [0.29, 0.717) is 55.8 Å². The first-order chi connectivity index (χ1) is 31.6. The number of halogens is 1. The van der Waals surface area contributed by atoms with Gasteiger partial charge in [-0.05, 0) is 148 Å². The highest BCUT2D eigenvalue weighted by molar-refractivity contribution is 5.88. The van der Waals surface area contributed by atoms with Gasteiger partial charge in [0.25, 0.3) is 0 Å². The lowest BCUT2D eigenvalue weighted by molar-refractivity contribution is -0.150. The summed E-state index contributed by atoms with van der Waals surface area (Å²) in [4.78, 5) is 37.5. The summed E-state index contributed by atoms with van der Waals surface area (Å²) in [6.07, 6.45) is 12.4. The van der Waals surface area contributed by atoms with Gasteiger partial charge >= 0.3 is 17.9 Å². The number of carbonyl (C=O) groups excluding carboxylic acids is 3. The molecule has 0 N–H and O–H groups in total. The molecule has 0 heterocycles. The standard InChI is InChI=1S/C56H69FN2O7/c1-9-11-12-16-41-19-21-43(22-20-41)44-23-26-50(51(57)34-44)45-24-25-49(42(10-2)31-45)48-32-46(17-13-14-28-58)52(47(33-48)18-15-30-63-53(60)38(3)4)64-35-56(27-29-59,36-65-54(61)39(5)6)37-66-55(62)40(7)8/h23-26,31-34,41,43H,3,5,7,9-22,27,30,35-37H2,1-2,4,6,8H3. The number of nitrogens with zero attached hydrogens (tertiary/aromatic N) is 2. The predicted octanol–water partition coefficient (Wildman–Crippen LogP) is 13.0. The summed E-state index contributed by atoms with van der Waals surface area (Å²) < 4.78 is 39.4. The Balaban J connectivity index is 1.74. The van der Waals surface area contributed by atoms with Crippen molar-refractivity contribution < 1.29 is 37.7 Å². The van der Waals surface area contributed by atoms with Crippen molar-refractivity contribution in [1.82, 2.24) is 0 Å². The summed E-state index contributed by atoms with van der Waals surface area (Å²) in [6, 6.07) is 20.3. The van der Waals surface area contributed by atoms with Crippen LogP contribution in [0.1, 0.15) is 140 Å². The highest BCUT2D eigenvalue weighted by Gasteiger charge is 2.36. The van der Waals surface area contributed by atoms with E-state index in [1.54, 1.807) is 13.0 Å². The molecule has 0 bridgehead atoms. The summed E-state index contributed by atoms with van der Waals surface area (Å²) in [7, 11) is 0. The number of benzene rings is 3. The number of carbonyl (C=O) groups is 3. The molecule has 0 saturated heterocycles. The van der Waals surface area contributed by atoms with E-state index in [2.05, 4.69) is 57.9 Å². The summed E-state index contributed by atoms with van der Waals surface area (Å²) in [5.41, 5.74) is 6.18. The fraction of sp³-hybridized carbons (Fsp3) is 0.482. The topological polar surface area (TPSA) is 136 Å². The van der Waals surface area contributed by atoms with Gasteiger partial charge in [0.05, 0.1) is 30.6 Å². The minimum Gasteiger partial charge on any atom is -0.492 e. The third-order valence-electron chi connectivity index (χ3n) is 12.5. The molecule has 1 saturated carbocycles. The number of ether oxygens (including phenoxy) is 4. The third-order valence-corrected chi connectivity index (χ3v) is 12.5. The van der Waals surface area contributed by atoms with Crippen molar-refractivity contribution in [2.75, 3.05) is 26.4 Å². The number of esters is 3. The monoisotopic (exact) mass is 901 g/mol. The molecule has 0 spiro atoms. The van der Waals surface area contributed by atoms with Crippen LogP contribution in [0.2, 0.25) is 0 Å². The van der Waals surface area contributed by atoms with Gasteiger partial charge in [0.1, 0.15) is 31.4 Å². The normalized spacial score (nSPS) is 14.6. The SMILES string of the molecule is C=C(C)C(=O)OCCCc1cc(-c2ccc(-c3ccc(C4CCC(CCCCC)CC4)cc3F)cc2CC)cc(CCCC#N)c1OCC(CC#N)(COC(=O)C(=C)C)COC(=O)C(=C)C. The Kier molecular flexibility index (Phi) is 20.9. The molecule has 4 rings (SSSR count). The fourth-order valence-corrected chi connectivity index (χ4v) is 8.55. The van der Waals surface area contributed by atoms with Gasteiger partial charge < -0.3 is 18.9 Å². The molecule has 0 atom stereocenters. The maximum atomic E-state index is 16.1. The number of hydrogen-bond donors (Lipinski definition) is 0. The van der Waals surface area contributed by atoms with Crippen LogP contribution in [-0.2, 0) is 47.9 Å². The lowest BCUT2D eigenvalue weighted by atomic mass is 9.77. The molecular formula is C56H69FN2O7. The van der Waals surface area contributed by atoms with Crippen molar-refractivity contribution in [1.29, 1.82) is 10.5 Å². The molecule has 3 aromatic carbocycles. The molecule has 0 amide bonds. The lowest BCUT2D eigenvalue weighted by Gasteiger charge is -2.31. The molecule has 10 heteroatoms. The summed E-state index contributed by atoms with van der Waals surface area (Å²) >= 11 is 0. The van der Waals surface area contributed by atoms with Gasteiger partial charge in [0, 0.05) is 28.7 Å². The molecule has 0 radical (unpaired) electrons. The summed E-state index contributed by atoms with van der Waals surface area (Å²) in [6.45, 7) is 19.2. The van der Waals surface area contributed by atoms with E-state index in [-0.39, 0.29) is 55.4 Å². The van der Waals surface area contributed by atoms with Gasteiger partial charge in [-0.2, -0.15) is 10.5 Å². The van der Waals surface area contributed by atoms with E-state index >= 15 is 4.39 Å². The molecule has 1 aliphatic rings. The summed E-state index contributed by atoms with van der Waals surface area (Å²) in [5, 5.41) is 19.6. The Hall–Kier alpha value is -6.00. The Morgan fingerprint density at radius 3 is 1.85 bits per heavy atom. The van der Waals surface area contributed by atoms with Crippen molar-refractivity contribution >= 4 is 17.9 Å². The fourth-order valence-electron chi connectivity index (χ4n) is 8.55. The van der Waals surface area contributed by atoms with Crippen LogP contribution >= 0.6 is 0 Å². The number of hydrogen-bond acceptors (Lipinski definition) is 9. The van der Waals surface area contributed by atoms with Gasteiger partial charge in [-0.1, -0.05) is 89.6 Å². The molecule has 0 unspecified atom stereocenters. The molecule has 1 aliphatic carbocycles. The highest BCUT2D eigenvalue weighted by atomic mass is 19.1. The zero-order valence-electron chi connectivity index (χ0n) is 40.0. The van der Waals surface area contributed by atoms with Gasteiger partial charge in [-0.15, -0.1) is 0 Å². The first kappa shape index (κ1) is 52.6. The Morgan fingerprint density at radius 2 is 1.29 bits per heavy atom. The second-order valence-corrected chi connectivity index (χ2v) is 18.2. The molecular weight excluding hydrogens is 832 g/mol. The average Bonchev–Trinajstić information content (AvgIpc) is 3.30. The van der Waals surface area contributed by atoms with Crippen molar-refractivity contribution in [3.63, 3.8) is 0 Å². The summed E-state index contributed by atoms with van der Waals surface area (Å²) in [5.74, 6) is -0.384. The zero-order valence-corrected chi connectivity index (χ0v) is 40.0. The molecule has 352 valence electrons. The van der Waals surface area contributed by atoms with Crippen LogP contribution in [0.15, 0.2) is 85.0 Å². The third kappa shape index (κ3) is 15.3. The molecule has 0 aromatic heterocycles. The number of aryl methyl sites for hydroxylation is 3. The first-order valence-corrected chi connectivity index (χ1v) is 23.6. The van der Waals surface area contributed by atoms with Crippen LogP contribution in [0.5, 0.6) is 5.75 Å². The molecule has 66 heavy (non-hydrogen) atoms. The van der Waals surface area contributed by atoms with Gasteiger partial charge in [-0.3, -0.25) is 0 Å². The van der Waals surface area contributed by atoms with E-state index in [0.717, 1.165) is 57.7 Å².